The van der Waals surface area contributed by atoms with E-state index in [1.807, 2.05) is 6.92 Å². The molecule has 1 aromatic heterocycles. The number of hydrogen-bond donors (Lipinski definition) is 1. The van der Waals surface area contributed by atoms with Crippen LogP contribution in [0.3, 0.4) is 0 Å². The van der Waals surface area contributed by atoms with Crippen LogP contribution in [0.25, 0.3) is 0 Å². The molecule has 0 saturated heterocycles. The maximum Gasteiger partial charge on any atom is 0.109 e. The molecule has 0 aliphatic heterocycles. The Balaban J connectivity index is 2.19. The van der Waals surface area contributed by atoms with Gasteiger partial charge in [-0.2, -0.15) is 5.26 Å². The summed E-state index contributed by atoms with van der Waals surface area (Å²) < 4.78 is 0. The van der Waals surface area contributed by atoms with Crippen LogP contribution < -0.4 is 0 Å². The molecule has 1 heterocycles. The van der Waals surface area contributed by atoms with Crippen molar-refractivity contribution in [1.29, 1.82) is 5.26 Å². The fourth-order valence-corrected chi connectivity index (χ4v) is 2.16. The molecule has 1 aromatic rings. The number of hydrogen-bond acceptors (Lipinski definition) is 2. The van der Waals surface area contributed by atoms with Gasteiger partial charge in [0.1, 0.15) is 5.82 Å². The first kappa shape index (κ1) is 9.26. The monoisotopic (exact) mass is 189 g/mol. The summed E-state index contributed by atoms with van der Waals surface area (Å²) in [5, 5.41) is 8.61. The summed E-state index contributed by atoms with van der Waals surface area (Å²) in [6.45, 7) is 2.00. The molecule has 0 atom stereocenters. The Bertz CT molecular complexity index is 353. The molecule has 0 aromatic carbocycles. The van der Waals surface area contributed by atoms with E-state index in [0.717, 1.165) is 17.2 Å². The van der Waals surface area contributed by atoms with Crippen molar-refractivity contribution in [3.8, 4) is 6.07 Å². The summed E-state index contributed by atoms with van der Waals surface area (Å²) in [5.74, 6) is 1.71. The molecule has 14 heavy (non-hydrogen) atoms. The van der Waals surface area contributed by atoms with E-state index in [0.29, 0.717) is 12.3 Å². The molecule has 3 heteroatoms. The largest absolute Gasteiger partial charge is 0.346 e. The number of nitrogens with zero attached hydrogens (tertiary/aromatic N) is 2. The van der Waals surface area contributed by atoms with E-state index < -0.39 is 0 Å². The highest BCUT2D eigenvalue weighted by Crippen LogP contribution is 2.32. The quantitative estimate of drug-likeness (QED) is 0.776. The second-order valence-corrected chi connectivity index (χ2v) is 4.01. The van der Waals surface area contributed by atoms with Crippen LogP contribution in [0.5, 0.6) is 0 Å². The minimum absolute atomic E-state index is 0.426. The molecule has 1 saturated carbocycles. The van der Waals surface area contributed by atoms with Crippen LogP contribution in [0, 0.1) is 18.3 Å². The third-order valence-corrected chi connectivity index (χ3v) is 2.99. The Morgan fingerprint density at radius 3 is 2.86 bits per heavy atom. The molecule has 1 aliphatic rings. The normalized spacial score (nSPS) is 17.1. The van der Waals surface area contributed by atoms with Crippen molar-refractivity contribution in [3.63, 3.8) is 0 Å². The number of aryl methyl sites for hydroxylation is 1. The number of H-pyrrole nitrogens is 1. The Morgan fingerprint density at radius 1 is 1.50 bits per heavy atom. The van der Waals surface area contributed by atoms with Gasteiger partial charge in [0.15, 0.2) is 0 Å². The van der Waals surface area contributed by atoms with Gasteiger partial charge in [0.2, 0.25) is 0 Å². The summed E-state index contributed by atoms with van der Waals surface area (Å²) in [6.07, 6.45) is 5.56. The van der Waals surface area contributed by atoms with Gasteiger partial charge < -0.3 is 4.98 Å². The van der Waals surface area contributed by atoms with E-state index in [1.165, 1.54) is 25.7 Å². The van der Waals surface area contributed by atoms with E-state index in [4.69, 9.17) is 5.26 Å². The number of imidazole rings is 1. The average Bonchev–Trinajstić information content (AvgIpc) is 2.76. The van der Waals surface area contributed by atoms with Gasteiger partial charge in [-0.05, 0) is 19.8 Å². The van der Waals surface area contributed by atoms with Crippen molar-refractivity contribution >= 4 is 0 Å². The molecule has 0 radical (unpaired) electrons. The van der Waals surface area contributed by atoms with E-state index >= 15 is 0 Å². The molecule has 1 aliphatic carbocycles. The number of aromatic nitrogens is 2. The van der Waals surface area contributed by atoms with Gasteiger partial charge in [-0.25, -0.2) is 4.98 Å². The number of rotatable bonds is 2. The van der Waals surface area contributed by atoms with Gasteiger partial charge in [-0.1, -0.05) is 12.8 Å². The minimum Gasteiger partial charge on any atom is -0.346 e. The number of nitriles is 1. The van der Waals surface area contributed by atoms with E-state index in [9.17, 15) is 0 Å². The maximum atomic E-state index is 8.61. The molecule has 0 unspecified atom stereocenters. The maximum absolute atomic E-state index is 8.61. The zero-order valence-corrected chi connectivity index (χ0v) is 8.51. The highest BCUT2D eigenvalue weighted by Gasteiger charge is 2.20. The first-order chi connectivity index (χ1) is 6.81. The first-order valence-corrected chi connectivity index (χ1v) is 5.23. The predicted octanol–water partition coefficient (Wildman–Crippen LogP) is 2.44. The highest BCUT2D eigenvalue weighted by molar-refractivity contribution is 5.18. The van der Waals surface area contributed by atoms with Crippen molar-refractivity contribution in [2.45, 2.75) is 44.9 Å². The van der Waals surface area contributed by atoms with Gasteiger partial charge in [-0.3, -0.25) is 0 Å². The summed E-state index contributed by atoms with van der Waals surface area (Å²) in [5.41, 5.74) is 1.99. The molecule has 0 bridgehead atoms. The Hall–Kier alpha value is -1.30. The molecule has 0 spiro atoms. The first-order valence-electron chi connectivity index (χ1n) is 5.23. The molecule has 3 nitrogen and oxygen atoms in total. The van der Waals surface area contributed by atoms with Crippen LogP contribution in [-0.2, 0) is 6.42 Å². The van der Waals surface area contributed by atoms with Crippen LogP contribution >= 0.6 is 0 Å². The van der Waals surface area contributed by atoms with E-state index in [-0.39, 0.29) is 0 Å². The average molecular weight is 189 g/mol. The van der Waals surface area contributed by atoms with Crippen molar-refractivity contribution in [1.82, 2.24) is 9.97 Å². The van der Waals surface area contributed by atoms with Gasteiger partial charge in [0.05, 0.1) is 18.2 Å². The second kappa shape index (κ2) is 3.83. The standard InChI is InChI=1S/C11H15N3/c1-8-10(6-7-12)14-11(13-8)9-4-2-3-5-9/h9H,2-6H2,1H3,(H,13,14). The highest BCUT2D eigenvalue weighted by atomic mass is 14.9. The number of aromatic amines is 1. The third-order valence-electron chi connectivity index (χ3n) is 2.99. The molecule has 2 rings (SSSR count). The Kier molecular flexibility index (Phi) is 2.53. The van der Waals surface area contributed by atoms with Crippen LogP contribution in [0.4, 0.5) is 0 Å². The van der Waals surface area contributed by atoms with Gasteiger partial charge in [-0.15, -0.1) is 0 Å². The fourth-order valence-electron chi connectivity index (χ4n) is 2.16. The third kappa shape index (κ3) is 1.65. The van der Waals surface area contributed by atoms with Gasteiger partial charge in [0.25, 0.3) is 0 Å². The molecular weight excluding hydrogens is 174 g/mol. The van der Waals surface area contributed by atoms with Crippen LogP contribution in [0.1, 0.15) is 48.8 Å². The molecule has 0 amide bonds. The lowest BCUT2D eigenvalue weighted by Gasteiger charge is -2.02. The zero-order valence-electron chi connectivity index (χ0n) is 8.51. The molecular formula is C11H15N3. The van der Waals surface area contributed by atoms with E-state index in [2.05, 4.69) is 16.0 Å². The van der Waals surface area contributed by atoms with Gasteiger partial charge >= 0.3 is 0 Å². The smallest absolute Gasteiger partial charge is 0.109 e. The lowest BCUT2D eigenvalue weighted by atomic mass is 10.1. The van der Waals surface area contributed by atoms with Crippen molar-refractivity contribution in [2.24, 2.45) is 0 Å². The van der Waals surface area contributed by atoms with Crippen molar-refractivity contribution < 1.29 is 0 Å². The SMILES string of the molecule is Cc1[nH]c(C2CCCC2)nc1CC#N. The van der Waals surface area contributed by atoms with Crippen molar-refractivity contribution in [3.05, 3.63) is 17.2 Å². The lowest BCUT2D eigenvalue weighted by molar-refractivity contribution is 0.676. The molecule has 74 valence electrons. The molecule has 1 N–H and O–H groups in total. The Labute approximate surface area is 84.2 Å². The number of nitrogens with one attached hydrogen (secondary N) is 1. The zero-order chi connectivity index (χ0) is 9.97. The lowest BCUT2D eigenvalue weighted by Crippen LogP contribution is -1.94. The van der Waals surface area contributed by atoms with E-state index in [1.54, 1.807) is 0 Å². The minimum atomic E-state index is 0.426. The summed E-state index contributed by atoms with van der Waals surface area (Å²) in [4.78, 5) is 7.81. The molecule has 1 fully saturated rings. The Morgan fingerprint density at radius 2 is 2.21 bits per heavy atom. The summed E-state index contributed by atoms with van der Waals surface area (Å²) in [7, 11) is 0. The predicted molar refractivity (Wildman–Crippen MR) is 53.9 cm³/mol. The fraction of sp³-hybridized carbons (Fsp3) is 0.636. The summed E-state index contributed by atoms with van der Waals surface area (Å²) in [6, 6.07) is 2.15. The van der Waals surface area contributed by atoms with Gasteiger partial charge in [0, 0.05) is 11.6 Å². The van der Waals surface area contributed by atoms with Crippen LogP contribution in [0.15, 0.2) is 0 Å². The van der Waals surface area contributed by atoms with Crippen LogP contribution in [0.2, 0.25) is 0 Å². The topological polar surface area (TPSA) is 52.5 Å². The summed E-state index contributed by atoms with van der Waals surface area (Å²) >= 11 is 0. The second-order valence-electron chi connectivity index (χ2n) is 4.01. The van der Waals surface area contributed by atoms with Crippen LogP contribution in [-0.4, -0.2) is 9.97 Å². The van der Waals surface area contributed by atoms with Crippen molar-refractivity contribution in [2.75, 3.05) is 0 Å².